The lowest BCUT2D eigenvalue weighted by Crippen LogP contribution is -2.17. The minimum atomic E-state index is -0.963. The molecule has 0 saturated heterocycles. The van der Waals surface area contributed by atoms with Crippen molar-refractivity contribution < 1.29 is 19.1 Å². The van der Waals surface area contributed by atoms with Gasteiger partial charge in [-0.1, -0.05) is 18.2 Å². The van der Waals surface area contributed by atoms with Crippen molar-refractivity contribution in [2.75, 3.05) is 6.61 Å². The lowest BCUT2D eigenvalue weighted by Gasteiger charge is -2.16. The molecule has 0 amide bonds. The van der Waals surface area contributed by atoms with Crippen molar-refractivity contribution in [3.63, 3.8) is 0 Å². The van der Waals surface area contributed by atoms with Gasteiger partial charge in [-0.05, 0) is 36.9 Å². The molecule has 1 aliphatic heterocycles. The number of esters is 1. The minimum absolute atomic E-state index is 0.181. The highest BCUT2D eigenvalue weighted by molar-refractivity contribution is 6.83. The maximum Gasteiger partial charge on any atom is 0.302 e. The van der Waals surface area contributed by atoms with Crippen LogP contribution in [0.3, 0.4) is 0 Å². The van der Waals surface area contributed by atoms with Crippen molar-refractivity contribution >= 4 is 39.5 Å². The number of fused-ring (bicyclic) bond motifs is 3. The largest absolute Gasteiger partial charge is 0.466 e. The van der Waals surface area contributed by atoms with Gasteiger partial charge >= 0.3 is 5.97 Å². The summed E-state index contributed by atoms with van der Waals surface area (Å²) in [6.45, 7) is 2.40. The van der Waals surface area contributed by atoms with E-state index in [1.54, 1.807) is 0 Å². The molecule has 3 rings (SSSR count). The number of hydrogen-bond acceptors (Lipinski definition) is 4. The zero-order valence-electron chi connectivity index (χ0n) is 13.4. The second-order valence-electron chi connectivity index (χ2n) is 6.11. The van der Waals surface area contributed by atoms with Gasteiger partial charge in [0, 0.05) is 36.0 Å². The van der Waals surface area contributed by atoms with Gasteiger partial charge in [0.05, 0.1) is 12.2 Å². The molecule has 0 aliphatic carbocycles. The lowest BCUT2D eigenvalue weighted by molar-refractivity contribution is -0.142. The fourth-order valence-electron chi connectivity index (χ4n) is 3.46. The quantitative estimate of drug-likeness (QED) is 0.369. The molecule has 24 heavy (non-hydrogen) atoms. The zero-order valence-corrected chi connectivity index (χ0v) is 14.1. The number of Topliss-reactive ketones (excluding diaryl/α,β-unsaturated/α-hetero) is 1. The van der Waals surface area contributed by atoms with Crippen LogP contribution in [0, 0.1) is 5.92 Å². The second-order valence-corrected chi connectivity index (χ2v) is 6.46. The molecule has 1 aliphatic rings. The summed E-state index contributed by atoms with van der Waals surface area (Å²) in [6, 6.07) is 7.51. The summed E-state index contributed by atoms with van der Waals surface area (Å²) in [5.41, 5.74) is 2.17. The van der Waals surface area contributed by atoms with E-state index in [2.05, 4.69) is 4.57 Å². The van der Waals surface area contributed by atoms with E-state index < -0.39 is 11.0 Å². The molecule has 1 aromatic carbocycles. The predicted molar refractivity (Wildman–Crippen MR) is 90.2 cm³/mol. The number of halogens is 1. The molecule has 0 bridgehead atoms. The number of ether oxygens (including phenoxy) is 1. The molecule has 2 aromatic rings. The molecule has 1 aromatic heterocycles. The zero-order chi connectivity index (χ0) is 17.3. The first kappa shape index (κ1) is 16.7. The molecule has 0 saturated carbocycles. The molecule has 0 fully saturated rings. The third kappa shape index (κ3) is 3.08. The van der Waals surface area contributed by atoms with Gasteiger partial charge in [-0.3, -0.25) is 14.4 Å². The standard InChI is InChI=1S/C18H18ClNO4/c1-11(21)24-10-12-5-4-8-15-16(17(22)18(19)23)13-6-2-3-7-14(13)20(15)9-12/h2-3,6-7,12H,4-5,8-10H2,1H3. The van der Waals surface area contributed by atoms with Crippen molar-refractivity contribution in [3.8, 4) is 0 Å². The van der Waals surface area contributed by atoms with Gasteiger partial charge in [0.2, 0.25) is 5.78 Å². The van der Waals surface area contributed by atoms with Crippen LogP contribution in [0.15, 0.2) is 24.3 Å². The van der Waals surface area contributed by atoms with Crippen LogP contribution in [0.5, 0.6) is 0 Å². The molecule has 2 heterocycles. The van der Waals surface area contributed by atoms with Crippen molar-refractivity contribution in [3.05, 3.63) is 35.5 Å². The second kappa shape index (κ2) is 6.77. The van der Waals surface area contributed by atoms with Crippen molar-refractivity contribution in [2.24, 2.45) is 5.92 Å². The number of para-hydroxylation sites is 1. The van der Waals surface area contributed by atoms with Crippen LogP contribution in [0.2, 0.25) is 0 Å². The summed E-state index contributed by atoms with van der Waals surface area (Å²) in [4.78, 5) is 34.9. The van der Waals surface area contributed by atoms with Crippen LogP contribution in [0.1, 0.15) is 35.8 Å². The van der Waals surface area contributed by atoms with Gasteiger partial charge in [-0.25, -0.2) is 0 Å². The number of carbonyl (C=O) groups excluding carboxylic acids is 3. The highest BCUT2D eigenvalue weighted by Crippen LogP contribution is 2.32. The smallest absolute Gasteiger partial charge is 0.302 e. The van der Waals surface area contributed by atoms with Gasteiger partial charge in [0.25, 0.3) is 5.24 Å². The van der Waals surface area contributed by atoms with Gasteiger partial charge in [0.15, 0.2) is 0 Å². The van der Waals surface area contributed by atoms with E-state index in [4.69, 9.17) is 16.3 Å². The highest BCUT2D eigenvalue weighted by atomic mass is 35.5. The van der Waals surface area contributed by atoms with Crippen molar-refractivity contribution in [1.29, 1.82) is 0 Å². The molecule has 0 N–H and O–H groups in total. The molecule has 1 atom stereocenters. The van der Waals surface area contributed by atoms with E-state index in [0.29, 0.717) is 25.1 Å². The number of rotatable bonds is 4. The van der Waals surface area contributed by atoms with E-state index in [-0.39, 0.29) is 11.9 Å². The first-order valence-electron chi connectivity index (χ1n) is 7.96. The van der Waals surface area contributed by atoms with Gasteiger partial charge in [-0.2, -0.15) is 0 Å². The fourth-order valence-corrected chi connectivity index (χ4v) is 3.55. The molecule has 5 nitrogen and oxygen atoms in total. The Hall–Kier alpha value is -2.14. The van der Waals surface area contributed by atoms with Crippen LogP contribution in [0.25, 0.3) is 10.9 Å². The third-order valence-electron chi connectivity index (χ3n) is 4.47. The molecule has 1 unspecified atom stereocenters. The summed E-state index contributed by atoms with van der Waals surface area (Å²) in [6.07, 6.45) is 2.45. The molecule has 126 valence electrons. The minimum Gasteiger partial charge on any atom is -0.466 e. The Kier molecular flexibility index (Phi) is 4.71. The van der Waals surface area contributed by atoms with Crippen LogP contribution in [-0.4, -0.2) is 28.2 Å². The monoisotopic (exact) mass is 347 g/mol. The molecule has 6 heteroatoms. The summed E-state index contributed by atoms with van der Waals surface area (Å²) in [5.74, 6) is -0.763. The maximum absolute atomic E-state index is 12.3. The maximum atomic E-state index is 12.3. The van der Waals surface area contributed by atoms with Gasteiger partial charge in [0.1, 0.15) is 0 Å². The average molecular weight is 348 g/mol. The van der Waals surface area contributed by atoms with E-state index in [1.165, 1.54) is 6.92 Å². The van der Waals surface area contributed by atoms with E-state index in [1.807, 2.05) is 24.3 Å². The van der Waals surface area contributed by atoms with Crippen LogP contribution < -0.4 is 0 Å². The summed E-state index contributed by atoms with van der Waals surface area (Å²) >= 11 is 5.46. The first-order chi connectivity index (χ1) is 11.5. The Morgan fingerprint density at radius 2 is 2.04 bits per heavy atom. The summed E-state index contributed by atoms with van der Waals surface area (Å²) in [7, 11) is 0. The molecular formula is C18H18ClNO4. The lowest BCUT2D eigenvalue weighted by atomic mass is 10.0. The number of ketones is 1. The number of aromatic nitrogens is 1. The SMILES string of the molecule is CC(=O)OCC1CCCc2c(C(=O)C(=O)Cl)c3ccccc3n2C1. The number of hydrogen-bond donors (Lipinski definition) is 0. The Labute approximate surface area is 144 Å². The molecular weight excluding hydrogens is 330 g/mol. The van der Waals surface area contributed by atoms with Gasteiger partial charge < -0.3 is 9.30 Å². The average Bonchev–Trinajstić information content (AvgIpc) is 2.71. The number of nitrogens with zero attached hydrogens (tertiary/aromatic N) is 1. The van der Waals surface area contributed by atoms with E-state index >= 15 is 0 Å². The summed E-state index contributed by atoms with van der Waals surface area (Å²) < 4.78 is 7.24. The highest BCUT2D eigenvalue weighted by Gasteiger charge is 2.28. The van der Waals surface area contributed by atoms with E-state index in [0.717, 1.165) is 29.4 Å². The van der Waals surface area contributed by atoms with Crippen LogP contribution in [-0.2, 0) is 27.3 Å². The van der Waals surface area contributed by atoms with Crippen LogP contribution >= 0.6 is 11.6 Å². The number of benzene rings is 1. The molecule has 0 radical (unpaired) electrons. The Balaban J connectivity index is 2.07. The summed E-state index contributed by atoms with van der Waals surface area (Å²) in [5, 5.41) is -0.213. The Morgan fingerprint density at radius 1 is 1.29 bits per heavy atom. The first-order valence-corrected chi connectivity index (χ1v) is 8.34. The fraction of sp³-hybridized carbons (Fsp3) is 0.389. The Bertz CT molecular complexity index is 824. The van der Waals surface area contributed by atoms with Gasteiger partial charge in [-0.15, -0.1) is 0 Å². The Morgan fingerprint density at radius 3 is 2.75 bits per heavy atom. The molecule has 0 spiro atoms. The van der Waals surface area contributed by atoms with Crippen molar-refractivity contribution in [2.45, 2.75) is 32.7 Å². The normalized spacial score (nSPS) is 17.2. The third-order valence-corrected chi connectivity index (χ3v) is 4.64. The number of carbonyl (C=O) groups is 3. The topological polar surface area (TPSA) is 65.4 Å². The van der Waals surface area contributed by atoms with E-state index in [9.17, 15) is 14.4 Å². The predicted octanol–water partition coefficient (Wildman–Crippen LogP) is 3.11. The van der Waals surface area contributed by atoms with Crippen LogP contribution in [0.4, 0.5) is 0 Å². The van der Waals surface area contributed by atoms with Crippen molar-refractivity contribution in [1.82, 2.24) is 4.57 Å².